The highest BCUT2D eigenvalue weighted by Gasteiger charge is 2.46. The molecule has 6 heteroatoms. The first-order chi connectivity index (χ1) is 14.7. The van der Waals surface area contributed by atoms with Gasteiger partial charge in [0.05, 0.1) is 13.2 Å². The number of rotatable bonds is 2. The van der Waals surface area contributed by atoms with E-state index in [0.29, 0.717) is 32.7 Å². The minimum absolute atomic E-state index is 0.119. The van der Waals surface area contributed by atoms with Crippen molar-refractivity contribution in [3.63, 3.8) is 0 Å². The Kier molecular flexibility index (Phi) is 5.44. The first-order valence-corrected chi connectivity index (χ1v) is 11.7. The van der Waals surface area contributed by atoms with E-state index in [-0.39, 0.29) is 23.3 Å². The van der Waals surface area contributed by atoms with Crippen LogP contribution < -0.4 is 0 Å². The van der Waals surface area contributed by atoms with Crippen LogP contribution in [-0.4, -0.2) is 79.1 Å². The third-order valence-corrected chi connectivity index (χ3v) is 7.76. The molecule has 6 nitrogen and oxygen atoms in total. The average Bonchev–Trinajstić information content (AvgIpc) is 3.43. The molecule has 1 aromatic rings. The second-order valence-electron chi connectivity index (χ2n) is 9.43. The van der Waals surface area contributed by atoms with Crippen molar-refractivity contribution in [1.82, 2.24) is 14.7 Å². The molecule has 3 fully saturated rings. The zero-order valence-electron chi connectivity index (χ0n) is 17.9. The molecular weight excluding hydrogens is 378 g/mol. The van der Waals surface area contributed by atoms with Gasteiger partial charge in [-0.15, -0.1) is 0 Å². The summed E-state index contributed by atoms with van der Waals surface area (Å²) in [6.45, 7) is 6.21. The number of hydrogen-bond donors (Lipinski definition) is 0. The number of hydrogen-bond acceptors (Lipinski definition) is 3. The lowest BCUT2D eigenvalue weighted by Gasteiger charge is -2.41. The SMILES string of the molecule is O=C(C[C@@H]1CC2(CCN(C(=O)N3CCCC3)CC2)c2ccccc21)N1CCOCC1. The third-order valence-electron chi connectivity index (χ3n) is 7.76. The average molecular weight is 412 g/mol. The van der Waals surface area contributed by atoms with Crippen LogP contribution in [0.3, 0.4) is 0 Å². The van der Waals surface area contributed by atoms with Gasteiger partial charge in [0.1, 0.15) is 0 Å². The van der Waals surface area contributed by atoms with E-state index in [9.17, 15) is 9.59 Å². The lowest BCUT2D eigenvalue weighted by molar-refractivity contribution is -0.135. The number of urea groups is 1. The number of likely N-dealkylation sites (tertiary alicyclic amines) is 2. The van der Waals surface area contributed by atoms with E-state index < -0.39 is 0 Å². The predicted molar refractivity (Wildman–Crippen MR) is 115 cm³/mol. The number of morpholine rings is 1. The van der Waals surface area contributed by atoms with Gasteiger partial charge in [0, 0.05) is 45.7 Å². The molecule has 3 heterocycles. The molecule has 3 saturated heterocycles. The van der Waals surface area contributed by atoms with E-state index in [1.54, 1.807) is 0 Å². The summed E-state index contributed by atoms with van der Waals surface area (Å²) >= 11 is 0. The van der Waals surface area contributed by atoms with Gasteiger partial charge in [-0.1, -0.05) is 24.3 Å². The fourth-order valence-corrected chi connectivity index (χ4v) is 6.07. The largest absolute Gasteiger partial charge is 0.378 e. The van der Waals surface area contributed by atoms with Crippen LogP contribution >= 0.6 is 0 Å². The van der Waals surface area contributed by atoms with Gasteiger partial charge in [-0.2, -0.15) is 0 Å². The number of carbonyl (C=O) groups excluding carboxylic acids is 2. The van der Waals surface area contributed by atoms with Crippen molar-refractivity contribution in [1.29, 1.82) is 0 Å². The van der Waals surface area contributed by atoms with Gasteiger partial charge >= 0.3 is 6.03 Å². The number of nitrogens with zero attached hydrogens (tertiary/aromatic N) is 3. The summed E-state index contributed by atoms with van der Waals surface area (Å²) in [6.07, 6.45) is 5.91. The molecular formula is C24H33N3O3. The second kappa shape index (κ2) is 8.22. The van der Waals surface area contributed by atoms with E-state index in [2.05, 4.69) is 29.2 Å². The Labute approximate surface area is 179 Å². The van der Waals surface area contributed by atoms with Gasteiger partial charge in [-0.25, -0.2) is 4.79 Å². The summed E-state index contributed by atoms with van der Waals surface area (Å²) in [5, 5.41) is 0. The minimum atomic E-state index is 0.119. The van der Waals surface area contributed by atoms with Gasteiger partial charge in [0.15, 0.2) is 0 Å². The van der Waals surface area contributed by atoms with Crippen LogP contribution in [0.5, 0.6) is 0 Å². The lowest BCUT2D eigenvalue weighted by Crippen LogP contribution is -2.49. The van der Waals surface area contributed by atoms with Crippen LogP contribution in [0.15, 0.2) is 24.3 Å². The lowest BCUT2D eigenvalue weighted by atomic mass is 9.73. The van der Waals surface area contributed by atoms with E-state index in [1.807, 2.05) is 9.80 Å². The molecule has 0 N–H and O–H groups in total. The molecule has 0 bridgehead atoms. The number of benzene rings is 1. The van der Waals surface area contributed by atoms with Gasteiger partial charge in [0.25, 0.3) is 0 Å². The number of carbonyl (C=O) groups is 2. The fraction of sp³-hybridized carbons (Fsp3) is 0.667. The van der Waals surface area contributed by atoms with Gasteiger partial charge in [-0.05, 0) is 54.6 Å². The highest BCUT2D eigenvalue weighted by Crippen LogP contribution is 2.52. The molecule has 5 rings (SSSR count). The molecule has 3 aliphatic heterocycles. The monoisotopic (exact) mass is 411 g/mol. The fourth-order valence-electron chi connectivity index (χ4n) is 6.07. The topological polar surface area (TPSA) is 53.1 Å². The summed E-state index contributed by atoms with van der Waals surface area (Å²) in [7, 11) is 0. The van der Waals surface area contributed by atoms with E-state index in [4.69, 9.17) is 4.74 Å². The van der Waals surface area contributed by atoms with Crippen molar-refractivity contribution >= 4 is 11.9 Å². The highest BCUT2D eigenvalue weighted by atomic mass is 16.5. The number of ether oxygens (including phenoxy) is 1. The summed E-state index contributed by atoms with van der Waals surface area (Å²) in [5.41, 5.74) is 2.91. The Hall–Kier alpha value is -2.08. The Morgan fingerprint density at radius 1 is 0.900 bits per heavy atom. The van der Waals surface area contributed by atoms with Crippen molar-refractivity contribution < 1.29 is 14.3 Å². The second-order valence-corrected chi connectivity index (χ2v) is 9.43. The number of piperidine rings is 1. The van der Waals surface area contributed by atoms with Crippen molar-refractivity contribution in [3.05, 3.63) is 35.4 Å². The molecule has 4 aliphatic rings. The molecule has 1 aromatic carbocycles. The third kappa shape index (κ3) is 3.59. The summed E-state index contributed by atoms with van der Waals surface area (Å²) in [6, 6.07) is 8.97. The van der Waals surface area contributed by atoms with Crippen LogP contribution in [0.1, 0.15) is 55.6 Å². The van der Waals surface area contributed by atoms with E-state index in [0.717, 1.165) is 58.3 Å². The quantitative estimate of drug-likeness (QED) is 0.752. The van der Waals surface area contributed by atoms with Crippen LogP contribution in [0.2, 0.25) is 0 Å². The van der Waals surface area contributed by atoms with Crippen LogP contribution in [-0.2, 0) is 14.9 Å². The van der Waals surface area contributed by atoms with Gasteiger partial charge in [-0.3, -0.25) is 4.79 Å². The maximum atomic E-state index is 12.9. The first kappa shape index (κ1) is 19.9. The standard InChI is InChI=1S/C24H33N3O3/c28-22(25-13-15-30-16-14-25)17-19-18-24(21-6-2-1-5-20(19)21)7-11-27(12-8-24)23(29)26-9-3-4-10-26/h1-2,5-6,19H,3-4,7-18H2/t19-/m1/s1. The highest BCUT2D eigenvalue weighted by molar-refractivity contribution is 5.78. The normalized spacial score (nSPS) is 25.6. The van der Waals surface area contributed by atoms with Crippen molar-refractivity contribution in [2.75, 3.05) is 52.5 Å². The minimum Gasteiger partial charge on any atom is -0.378 e. The predicted octanol–water partition coefficient (Wildman–Crippen LogP) is 2.97. The molecule has 3 amide bonds. The van der Waals surface area contributed by atoms with Crippen LogP contribution in [0, 0.1) is 0 Å². The molecule has 1 atom stereocenters. The maximum Gasteiger partial charge on any atom is 0.319 e. The molecule has 1 aliphatic carbocycles. The molecule has 0 saturated carbocycles. The molecule has 30 heavy (non-hydrogen) atoms. The van der Waals surface area contributed by atoms with Crippen molar-refractivity contribution in [2.24, 2.45) is 0 Å². The summed E-state index contributed by atoms with van der Waals surface area (Å²) in [4.78, 5) is 31.8. The van der Waals surface area contributed by atoms with E-state index >= 15 is 0 Å². The molecule has 0 aromatic heterocycles. The molecule has 1 spiro atoms. The van der Waals surface area contributed by atoms with Crippen LogP contribution in [0.25, 0.3) is 0 Å². The zero-order valence-corrected chi connectivity index (χ0v) is 17.9. The molecule has 0 unspecified atom stereocenters. The van der Waals surface area contributed by atoms with Gasteiger partial charge in [0.2, 0.25) is 5.91 Å². The van der Waals surface area contributed by atoms with Crippen LogP contribution in [0.4, 0.5) is 4.79 Å². The first-order valence-electron chi connectivity index (χ1n) is 11.7. The maximum absolute atomic E-state index is 12.9. The smallest absolute Gasteiger partial charge is 0.319 e. The number of fused-ring (bicyclic) bond motifs is 2. The Balaban J connectivity index is 1.28. The van der Waals surface area contributed by atoms with E-state index in [1.165, 1.54) is 11.1 Å². The van der Waals surface area contributed by atoms with Crippen molar-refractivity contribution in [2.45, 2.75) is 49.9 Å². The zero-order chi connectivity index (χ0) is 20.6. The number of amides is 3. The molecule has 162 valence electrons. The Morgan fingerprint density at radius 2 is 1.57 bits per heavy atom. The summed E-state index contributed by atoms with van der Waals surface area (Å²) in [5.74, 6) is 0.550. The van der Waals surface area contributed by atoms with Crippen molar-refractivity contribution in [3.8, 4) is 0 Å². The Morgan fingerprint density at radius 3 is 2.30 bits per heavy atom. The Bertz CT molecular complexity index is 791. The summed E-state index contributed by atoms with van der Waals surface area (Å²) < 4.78 is 5.40. The molecule has 0 radical (unpaired) electrons. The van der Waals surface area contributed by atoms with Gasteiger partial charge < -0.3 is 19.4 Å².